The molecule has 0 amide bonds. The molecule has 1 aromatic rings. The smallest absolute Gasteiger partial charge is 0.333 e. The first-order valence-electron chi connectivity index (χ1n) is 6.12. The van der Waals surface area contributed by atoms with Crippen LogP contribution in [0, 0.1) is 0 Å². The summed E-state index contributed by atoms with van der Waals surface area (Å²) in [5.41, 5.74) is 1.80. The molecule has 0 aliphatic heterocycles. The molecule has 2 nitrogen and oxygen atoms in total. The summed E-state index contributed by atoms with van der Waals surface area (Å²) in [6.45, 7) is 2.15. The summed E-state index contributed by atoms with van der Waals surface area (Å²) >= 11 is 0. The number of hydrogen-bond acceptors (Lipinski definition) is 2. The molecule has 0 bridgehead atoms. The predicted molar refractivity (Wildman–Crippen MR) is 70.6 cm³/mol. The van der Waals surface area contributed by atoms with Gasteiger partial charge in [-0.1, -0.05) is 50.1 Å². The SMILES string of the molecule is CCCCCC(=Cc1ccccc1)C(=O)OC. The third-order valence-corrected chi connectivity index (χ3v) is 2.64. The Balaban J connectivity index is 2.75. The summed E-state index contributed by atoms with van der Waals surface area (Å²) in [4.78, 5) is 11.6. The Kier molecular flexibility index (Phi) is 6.08. The molecule has 0 saturated carbocycles. The molecule has 0 heterocycles. The molecule has 0 atom stereocenters. The molecule has 0 radical (unpaired) electrons. The molecule has 17 heavy (non-hydrogen) atoms. The standard InChI is InChI=1S/C15H20O2/c1-3-4-6-11-14(15(16)17-2)12-13-9-7-5-8-10-13/h5,7-10,12H,3-4,6,11H2,1-2H3. The lowest BCUT2D eigenvalue weighted by Crippen LogP contribution is -2.04. The van der Waals surface area contributed by atoms with Gasteiger partial charge in [-0.15, -0.1) is 0 Å². The highest BCUT2D eigenvalue weighted by molar-refractivity contribution is 5.93. The first-order chi connectivity index (χ1) is 8.27. The summed E-state index contributed by atoms with van der Waals surface area (Å²) in [7, 11) is 1.43. The van der Waals surface area contributed by atoms with Crippen LogP contribution in [-0.2, 0) is 9.53 Å². The number of ether oxygens (including phenoxy) is 1. The number of carbonyl (C=O) groups is 1. The number of rotatable bonds is 6. The van der Waals surface area contributed by atoms with Gasteiger partial charge >= 0.3 is 5.97 Å². The second-order valence-electron chi connectivity index (χ2n) is 4.03. The summed E-state index contributed by atoms with van der Waals surface area (Å²) < 4.78 is 4.81. The average molecular weight is 232 g/mol. The van der Waals surface area contributed by atoms with Gasteiger partial charge < -0.3 is 4.74 Å². The topological polar surface area (TPSA) is 26.3 Å². The van der Waals surface area contributed by atoms with E-state index in [2.05, 4.69) is 6.92 Å². The second kappa shape index (κ2) is 7.66. The van der Waals surface area contributed by atoms with Gasteiger partial charge in [0.05, 0.1) is 7.11 Å². The Morgan fingerprint density at radius 1 is 1.24 bits per heavy atom. The fourth-order valence-corrected chi connectivity index (χ4v) is 1.68. The number of esters is 1. The van der Waals surface area contributed by atoms with Crippen LogP contribution in [0.3, 0.4) is 0 Å². The summed E-state index contributed by atoms with van der Waals surface area (Å²) in [6.07, 6.45) is 6.03. The van der Waals surface area contributed by atoms with Crippen molar-refractivity contribution in [2.45, 2.75) is 32.6 Å². The zero-order chi connectivity index (χ0) is 12.5. The van der Waals surface area contributed by atoms with Gasteiger partial charge in [0, 0.05) is 5.57 Å². The van der Waals surface area contributed by atoms with Crippen molar-refractivity contribution in [2.24, 2.45) is 0 Å². The van der Waals surface area contributed by atoms with Crippen LogP contribution in [0.2, 0.25) is 0 Å². The van der Waals surface area contributed by atoms with E-state index in [1.165, 1.54) is 7.11 Å². The van der Waals surface area contributed by atoms with Gasteiger partial charge in [-0.3, -0.25) is 0 Å². The van der Waals surface area contributed by atoms with Gasteiger partial charge in [0.2, 0.25) is 0 Å². The van der Waals surface area contributed by atoms with Crippen LogP contribution >= 0.6 is 0 Å². The number of hydrogen-bond donors (Lipinski definition) is 0. The molecular formula is C15H20O2. The average Bonchev–Trinajstić information content (AvgIpc) is 2.38. The van der Waals surface area contributed by atoms with E-state index < -0.39 is 0 Å². The predicted octanol–water partition coefficient (Wildman–Crippen LogP) is 3.82. The van der Waals surface area contributed by atoms with Crippen LogP contribution in [0.1, 0.15) is 38.2 Å². The molecule has 1 rings (SSSR count). The zero-order valence-corrected chi connectivity index (χ0v) is 10.6. The van der Waals surface area contributed by atoms with Gasteiger partial charge in [-0.2, -0.15) is 0 Å². The van der Waals surface area contributed by atoms with E-state index in [1.807, 2.05) is 36.4 Å². The van der Waals surface area contributed by atoms with Crippen LogP contribution in [-0.4, -0.2) is 13.1 Å². The van der Waals surface area contributed by atoms with E-state index in [0.717, 1.165) is 36.8 Å². The third kappa shape index (κ3) is 4.85. The molecule has 0 spiro atoms. The monoisotopic (exact) mass is 232 g/mol. The Morgan fingerprint density at radius 3 is 2.53 bits per heavy atom. The summed E-state index contributed by atoms with van der Waals surface area (Å²) in [6, 6.07) is 9.87. The molecular weight excluding hydrogens is 212 g/mol. The highest BCUT2D eigenvalue weighted by atomic mass is 16.5. The maximum atomic E-state index is 11.6. The minimum Gasteiger partial charge on any atom is -0.466 e. The van der Waals surface area contributed by atoms with Crippen molar-refractivity contribution in [1.29, 1.82) is 0 Å². The first-order valence-corrected chi connectivity index (χ1v) is 6.12. The third-order valence-electron chi connectivity index (χ3n) is 2.64. The van der Waals surface area contributed by atoms with E-state index in [1.54, 1.807) is 0 Å². The van der Waals surface area contributed by atoms with Crippen molar-refractivity contribution in [3.63, 3.8) is 0 Å². The zero-order valence-electron chi connectivity index (χ0n) is 10.6. The lowest BCUT2D eigenvalue weighted by Gasteiger charge is -2.05. The second-order valence-corrected chi connectivity index (χ2v) is 4.03. The fraction of sp³-hybridized carbons (Fsp3) is 0.400. The highest BCUT2D eigenvalue weighted by Crippen LogP contribution is 2.15. The molecule has 0 aromatic heterocycles. The lowest BCUT2D eigenvalue weighted by atomic mass is 10.0. The first kappa shape index (κ1) is 13.5. The summed E-state index contributed by atoms with van der Waals surface area (Å²) in [5, 5.41) is 0. The van der Waals surface area contributed by atoms with Crippen molar-refractivity contribution >= 4 is 12.0 Å². The van der Waals surface area contributed by atoms with E-state index in [0.29, 0.717) is 0 Å². The van der Waals surface area contributed by atoms with E-state index in [4.69, 9.17) is 4.74 Å². The van der Waals surface area contributed by atoms with Crippen molar-refractivity contribution in [1.82, 2.24) is 0 Å². The Labute approximate surface area is 103 Å². The molecule has 0 aliphatic rings. The molecule has 92 valence electrons. The molecule has 0 aliphatic carbocycles. The van der Waals surface area contributed by atoms with Crippen molar-refractivity contribution in [3.8, 4) is 0 Å². The normalized spacial score (nSPS) is 11.3. The highest BCUT2D eigenvalue weighted by Gasteiger charge is 2.08. The number of unbranched alkanes of at least 4 members (excludes halogenated alkanes) is 2. The van der Waals surface area contributed by atoms with Crippen LogP contribution in [0.25, 0.3) is 6.08 Å². The van der Waals surface area contributed by atoms with Gasteiger partial charge in [-0.25, -0.2) is 4.79 Å². The Morgan fingerprint density at radius 2 is 1.94 bits per heavy atom. The minimum absolute atomic E-state index is 0.218. The molecule has 0 fully saturated rings. The molecule has 0 unspecified atom stereocenters. The Bertz CT molecular complexity index is 366. The van der Waals surface area contributed by atoms with E-state index in [-0.39, 0.29) is 5.97 Å². The quantitative estimate of drug-likeness (QED) is 0.423. The molecule has 0 saturated heterocycles. The largest absolute Gasteiger partial charge is 0.466 e. The van der Waals surface area contributed by atoms with Crippen molar-refractivity contribution in [3.05, 3.63) is 41.5 Å². The van der Waals surface area contributed by atoms with Gasteiger partial charge in [-0.05, 0) is 24.5 Å². The van der Waals surface area contributed by atoms with Crippen molar-refractivity contribution in [2.75, 3.05) is 7.11 Å². The van der Waals surface area contributed by atoms with E-state index >= 15 is 0 Å². The van der Waals surface area contributed by atoms with Crippen LogP contribution in [0.4, 0.5) is 0 Å². The fourth-order valence-electron chi connectivity index (χ4n) is 1.68. The number of methoxy groups -OCH3 is 1. The minimum atomic E-state index is -0.218. The molecule has 0 N–H and O–H groups in total. The lowest BCUT2D eigenvalue weighted by molar-refractivity contribution is -0.136. The van der Waals surface area contributed by atoms with Gasteiger partial charge in [0.15, 0.2) is 0 Å². The van der Waals surface area contributed by atoms with Crippen LogP contribution in [0.5, 0.6) is 0 Å². The van der Waals surface area contributed by atoms with Gasteiger partial charge in [0.25, 0.3) is 0 Å². The number of carbonyl (C=O) groups excluding carboxylic acids is 1. The van der Waals surface area contributed by atoms with Crippen molar-refractivity contribution < 1.29 is 9.53 Å². The maximum absolute atomic E-state index is 11.6. The molecule has 1 aromatic carbocycles. The molecule has 2 heteroatoms. The maximum Gasteiger partial charge on any atom is 0.333 e. The van der Waals surface area contributed by atoms with E-state index in [9.17, 15) is 4.79 Å². The van der Waals surface area contributed by atoms with Crippen LogP contribution < -0.4 is 0 Å². The van der Waals surface area contributed by atoms with Gasteiger partial charge in [0.1, 0.15) is 0 Å². The number of benzene rings is 1. The van der Waals surface area contributed by atoms with Crippen LogP contribution in [0.15, 0.2) is 35.9 Å². The Hall–Kier alpha value is -1.57. The summed E-state index contributed by atoms with van der Waals surface area (Å²) in [5.74, 6) is -0.218.